The van der Waals surface area contributed by atoms with Crippen molar-refractivity contribution in [2.75, 3.05) is 24.3 Å². The number of hydrogen-bond donors (Lipinski definition) is 4. The number of rotatable bonds is 8. The fourth-order valence-electron chi connectivity index (χ4n) is 3.61. The lowest BCUT2D eigenvalue weighted by Crippen LogP contribution is -2.74. The number of aliphatic carboxylic acids is 1. The number of hydrogen-bond acceptors (Lipinski definition) is 13. The van der Waals surface area contributed by atoms with Crippen LogP contribution in [0.2, 0.25) is 0 Å². The molecule has 0 saturated carbocycles. The summed E-state index contributed by atoms with van der Waals surface area (Å²) in [5.74, 6) is -3.36. The van der Waals surface area contributed by atoms with E-state index in [2.05, 4.69) is 30.4 Å². The number of nitrogen functional groups attached to an aromatic ring is 1. The van der Waals surface area contributed by atoms with Crippen molar-refractivity contribution in [3.05, 3.63) is 43.1 Å². The van der Waals surface area contributed by atoms with E-state index in [1.54, 1.807) is 0 Å². The maximum absolute atomic E-state index is 13.0. The molecule has 16 nitrogen and oxygen atoms in total. The van der Waals surface area contributed by atoms with Gasteiger partial charge in [-0.25, -0.2) is 9.78 Å². The van der Waals surface area contributed by atoms with Crippen LogP contribution in [0.5, 0.6) is 0 Å². The van der Waals surface area contributed by atoms with Gasteiger partial charge < -0.3 is 21.0 Å². The van der Waals surface area contributed by atoms with Gasteiger partial charge in [-0.2, -0.15) is 4.98 Å². The molecule has 1 unspecified atom stereocenters. The van der Waals surface area contributed by atoms with Gasteiger partial charge in [-0.15, -0.1) is 11.3 Å². The molecule has 0 spiro atoms. The number of fused-ring (bicyclic) bond motifs is 1. The number of carbonyl (C=O) groups excluding carboxylic acids is 2. The number of aromatic nitrogens is 4. The van der Waals surface area contributed by atoms with Gasteiger partial charge in [-0.05, 0) is 5.57 Å². The van der Waals surface area contributed by atoms with E-state index in [9.17, 15) is 33.3 Å². The summed E-state index contributed by atoms with van der Waals surface area (Å²) in [6.45, 7) is 0. The van der Waals surface area contributed by atoms with E-state index in [1.807, 2.05) is 0 Å². The number of aromatic amines is 1. The van der Waals surface area contributed by atoms with Gasteiger partial charge in [-0.1, -0.05) is 16.9 Å². The lowest BCUT2D eigenvalue weighted by atomic mass is 10.0. The number of nitrogens with two attached hydrogens (primary N) is 1. The zero-order valence-electron chi connectivity index (χ0n) is 19.0. The fraction of sp³-hybridized carbons (Fsp3) is 0.333. The smallest absolute Gasteiger partial charge is 0.352 e. The summed E-state index contributed by atoms with van der Waals surface area (Å²) < 4.78 is 14.2. The predicted molar refractivity (Wildman–Crippen MR) is 131 cm³/mol. The number of thioether (sulfide) groups is 1. The Kier molecular flexibility index (Phi) is 7.28. The van der Waals surface area contributed by atoms with Crippen molar-refractivity contribution in [1.29, 1.82) is 0 Å². The first-order valence-corrected chi connectivity index (χ1v) is 13.4. The Bertz CT molecular complexity index is 1510. The number of amides is 2. The second-order valence-corrected chi connectivity index (χ2v) is 10.9. The first-order valence-electron chi connectivity index (χ1n) is 10.1. The topological polar surface area (TPSA) is 232 Å². The number of β-lactam (4-membered cyclic amide) rings is 1. The Labute approximate surface area is 217 Å². The molecule has 4 rings (SSSR count). The van der Waals surface area contributed by atoms with Gasteiger partial charge in [0.15, 0.2) is 16.0 Å². The molecule has 196 valence electrons. The van der Waals surface area contributed by atoms with Crippen LogP contribution in [0, 0.1) is 0 Å². The highest BCUT2D eigenvalue weighted by molar-refractivity contribution is 7.99. The van der Waals surface area contributed by atoms with Crippen molar-refractivity contribution >= 4 is 62.5 Å². The number of nitrogens with one attached hydrogen (secondary N) is 2. The van der Waals surface area contributed by atoms with Gasteiger partial charge in [0.05, 0.1) is 16.6 Å². The number of carbonyl (C=O) groups is 3. The molecule has 1 fully saturated rings. The monoisotopic (exact) mass is 570 g/mol. The van der Waals surface area contributed by atoms with Crippen LogP contribution in [0.3, 0.4) is 0 Å². The molecule has 0 aliphatic carbocycles. The summed E-state index contributed by atoms with van der Waals surface area (Å²) in [5, 5.41) is 18.7. The van der Waals surface area contributed by atoms with Crippen LogP contribution in [0.4, 0.5) is 5.13 Å². The Hall–Kier alpha value is -3.84. The predicted octanol–water partition coefficient (Wildman–Crippen LogP) is -2.60. The van der Waals surface area contributed by atoms with Crippen molar-refractivity contribution in [2.45, 2.75) is 16.6 Å². The molecule has 1 saturated heterocycles. The molecule has 5 N–H and O–H groups in total. The summed E-state index contributed by atoms with van der Waals surface area (Å²) >= 11 is 1.98. The third-order valence-electron chi connectivity index (χ3n) is 5.18. The van der Waals surface area contributed by atoms with Gasteiger partial charge in [0.2, 0.25) is 0 Å². The molecule has 2 aromatic rings. The number of aryl methyl sites for hydroxylation is 1. The first kappa shape index (κ1) is 26.2. The number of H-pyrrole nitrogens is 1. The number of carboxylic acid groups (broad SMARTS) is 1. The number of anilines is 1. The van der Waals surface area contributed by atoms with Crippen LogP contribution in [0.1, 0.15) is 5.69 Å². The second kappa shape index (κ2) is 10.3. The van der Waals surface area contributed by atoms with Gasteiger partial charge in [-0.3, -0.25) is 38.1 Å². The fourth-order valence-corrected chi connectivity index (χ4v) is 6.90. The molecule has 0 bridgehead atoms. The molecule has 2 amide bonds. The number of oxime groups is 1. The average Bonchev–Trinajstić information content (AvgIpc) is 3.27. The van der Waals surface area contributed by atoms with Gasteiger partial charge >= 0.3 is 17.1 Å². The quantitative estimate of drug-likeness (QED) is 0.0841. The third kappa shape index (κ3) is 4.91. The minimum absolute atomic E-state index is 0.0802. The summed E-state index contributed by atoms with van der Waals surface area (Å²) in [6.07, 6.45) is 0. The Balaban J connectivity index is 1.56. The van der Waals surface area contributed by atoms with Crippen molar-refractivity contribution < 1.29 is 28.5 Å². The molecule has 19 heteroatoms. The number of nitrogens with zero attached hydrogens (tertiary/aromatic N) is 5. The molecular formula is C18H18N8O8S3. The molecule has 3 atom stereocenters. The molecular weight excluding hydrogens is 552 g/mol. The maximum Gasteiger partial charge on any atom is 0.352 e. The summed E-state index contributed by atoms with van der Waals surface area (Å²) in [7, 11) is 0.856. The van der Waals surface area contributed by atoms with E-state index in [-0.39, 0.29) is 44.5 Å². The number of carboxylic acids is 1. The molecule has 2 aliphatic rings. The van der Waals surface area contributed by atoms with E-state index in [0.717, 1.165) is 28.0 Å². The maximum atomic E-state index is 13.0. The van der Waals surface area contributed by atoms with Crippen LogP contribution in [0.25, 0.3) is 0 Å². The van der Waals surface area contributed by atoms with Crippen LogP contribution >= 0.6 is 23.1 Å². The lowest BCUT2D eigenvalue weighted by Gasteiger charge is -2.49. The summed E-state index contributed by atoms with van der Waals surface area (Å²) in [4.78, 5) is 74.0. The van der Waals surface area contributed by atoms with Crippen molar-refractivity contribution in [2.24, 2.45) is 12.2 Å². The van der Waals surface area contributed by atoms with Gasteiger partial charge in [0.1, 0.15) is 29.9 Å². The van der Waals surface area contributed by atoms with E-state index >= 15 is 0 Å². The highest BCUT2D eigenvalue weighted by Gasteiger charge is 2.57. The van der Waals surface area contributed by atoms with Crippen LogP contribution in [-0.2, 0) is 37.1 Å². The zero-order valence-corrected chi connectivity index (χ0v) is 21.4. The molecule has 0 radical (unpaired) electrons. The van der Waals surface area contributed by atoms with Gasteiger partial charge in [0, 0.05) is 18.2 Å². The minimum atomic E-state index is -1.79. The SMILES string of the molecule is CO/N=C(\C(=O)N[C@@H]1C(=O)N2C(C(=O)O)=C(CSc3nc(=O)c(=O)[nH]n3C)CS(=O)[C@H]12)c1csc(N)n1. The standard InChI is InChI=1S/C18H18N8O8S3/c1-25-18(22-12(28)13(29)23-25)36-3-6-5-37(33)15-9(14(30)26(15)10(6)16(31)32)21-11(27)8(24-34-2)7-4-35-17(19)20-7/h4,9,15H,3,5H2,1-2H3,(H2,19,20)(H,21,27)(H,23,29)(H,31,32)/b24-8-/t9-,15-,37?/m1/s1. The molecule has 2 aromatic heterocycles. The number of thiazole rings is 1. The van der Waals surface area contributed by atoms with E-state index in [1.165, 1.54) is 24.2 Å². The van der Waals surface area contributed by atoms with E-state index in [0.29, 0.717) is 0 Å². The van der Waals surface area contributed by atoms with Crippen LogP contribution in [-0.4, -0.2) is 87.5 Å². The zero-order chi connectivity index (χ0) is 27.0. The molecule has 4 heterocycles. The first-order chi connectivity index (χ1) is 17.5. The third-order valence-corrected chi connectivity index (χ3v) is 8.62. The van der Waals surface area contributed by atoms with Crippen LogP contribution in [0.15, 0.2) is 36.6 Å². The van der Waals surface area contributed by atoms with Crippen molar-refractivity contribution in [3.8, 4) is 0 Å². The molecule has 2 aliphatic heterocycles. The van der Waals surface area contributed by atoms with Crippen molar-refractivity contribution in [3.63, 3.8) is 0 Å². The Morgan fingerprint density at radius 3 is 2.76 bits per heavy atom. The highest BCUT2D eigenvalue weighted by atomic mass is 32.2. The van der Waals surface area contributed by atoms with Crippen LogP contribution < -0.4 is 22.2 Å². The lowest BCUT2D eigenvalue weighted by molar-refractivity contribution is -0.150. The normalized spacial score (nSPS) is 21.4. The van der Waals surface area contributed by atoms with Gasteiger partial charge in [0.25, 0.3) is 11.8 Å². The van der Waals surface area contributed by atoms with E-state index in [4.69, 9.17) is 5.73 Å². The largest absolute Gasteiger partial charge is 0.477 e. The summed E-state index contributed by atoms with van der Waals surface area (Å²) in [5.41, 5.74) is 3.27. The highest BCUT2D eigenvalue weighted by Crippen LogP contribution is 2.36. The molecule has 37 heavy (non-hydrogen) atoms. The Morgan fingerprint density at radius 2 is 2.14 bits per heavy atom. The average molecular weight is 571 g/mol. The minimum Gasteiger partial charge on any atom is -0.477 e. The Morgan fingerprint density at radius 1 is 1.41 bits per heavy atom. The molecule has 0 aromatic carbocycles. The second-order valence-electron chi connectivity index (χ2n) is 7.51. The summed E-state index contributed by atoms with van der Waals surface area (Å²) in [6, 6.07) is -1.28. The van der Waals surface area contributed by atoms with E-state index < -0.39 is 51.1 Å². The van der Waals surface area contributed by atoms with Crippen molar-refractivity contribution in [1.82, 2.24) is 30.0 Å².